The van der Waals surface area contributed by atoms with Gasteiger partial charge in [-0.25, -0.2) is 13.4 Å². The highest BCUT2D eigenvalue weighted by Gasteiger charge is 2.31. The lowest BCUT2D eigenvalue weighted by atomic mass is 10.1. The number of carbonyl (C=O) groups excluding carboxylic acids is 1. The van der Waals surface area contributed by atoms with Gasteiger partial charge in [0.05, 0.1) is 22.2 Å². The molecule has 1 fully saturated rings. The number of rotatable bonds is 5. The molecule has 3 aromatic rings. The predicted molar refractivity (Wildman–Crippen MR) is 115 cm³/mol. The zero-order valence-electron chi connectivity index (χ0n) is 16.6. The number of nitrogens with one attached hydrogen (secondary N) is 1. The molecule has 4 rings (SSSR count). The van der Waals surface area contributed by atoms with Gasteiger partial charge in [-0.2, -0.15) is 4.31 Å². The van der Waals surface area contributed by atoms with E-state index >= 15 is 0 Å². The Morgan fingerprint density at radius 3 is 2.87 bits per heavy atom. The average molecular weight is 447 g/mol. The van der Waals surface area contributed by atoms with Crippen LogP contribution in [-0.2, 0) is 16.6 Å². The van der Waals surface area contributed by atoms with Crippen LogP contribution in [0.1, 0.15) is 42.2 Å². The van der Waals surface area contributed by atoms with E-state index in [0.717, 1.165) is 24.9 Å². The fourth-order valence-electron chi connectivity index (χ4n) is 3.74. The van der Waals surface area contributed by atoms with E-state index in [-0.39, 0.29) is 23.4 Å². The summed E-state index contributed by atoms with van der Waals surface area (Å²) in [6, 6.07) is 9.70. The fourth-order valence-corrected chi connectivity index (χ4v) is 5.65. The van der Waals surface area contributed by atoms with Crippen LogP contribution in [0.3, 0.4) is 0 Å². The second-order valence-corrected chi connectivity index (χ2v) is 9.84. The Balaban J connectivity index is 1.49. The third-order valence-electron chi connectivity index (χ3n) is 5.34. The zero-order valence-corrected chi connectivity index (χ0v) is 18.2. The number of amides is 1. The lowest BCUT2D eigenvalue weighted by molar-refractivity contribution is 0.0950. The smallest absolute Gasteiger partial charge is 0.251 e. The first-order valence-corrected chi connectivity index (χ1v) is 11.7. The molecular formula is C21H23ClN4O3S. The van der Waals surface area contributed by atoms with Crippen LogP contribution in [0.25, 0.3) is 5.65 Å². The first-order valence-electron chi connectivity index (χ1n) is 9.88. The van der Waals surface area contributed by atoms with E-state index in [1.165, 1.54) is 10.4 Å². The third kappa shape index (κ3) is 4.21. The second-order valence-electron chi connectivity index (χ2n) is 7.52. The Morgan fingerprint density at radius 1 is 1.23 bits per heavy atom. The monoisotopic (exact) mass is 446 g/mol. The van der Waals surface area contributed by atoms with Crippen molar-refractivity contribution in [1.29, 1.82) is 0 Å². The quantitative estimate of drug-likeness (QED) is 0.650. The minimum Gasteiger partial charge on any atom is -0.346 e. The molecule has 0 radical (unpaired) electrons. The van der Waals surface area contributed by atoms with Gasteiger partial charge in [0.25, 0.3) is 5.91 Å². The van der Waals surface area contributed by atoms with Gasteiger partial charge < -0.3 is 9.72 Å². The number of carbonyl (C=O) groups is 1. The first-order chi connectivity index (χ1) is 14.3. The van der Waals surface area contributed by atoms with Crippen LogP contribution in [0.5, 0.6) is 0 Å². The van der Waals surface area contributed by atoms with Crippen LogP contribution >= 0.6 is 11.6 Å². The average Bonchev–Trinajstić information content (AvgIpc) is 3.14. The largest absolute Gasteiger partial charge is 0.346 e. The van der Waals surface area contributed by atoms with Crippen molar-refractivity contribution in [2.45, 2.75) is 43.7 Å². The molecule has 1 atom stereocenters. The highest BCUT2D eigenvalue weighted by Crippen LogP contribution is 2.25. The maximum atomic E-state index is 13.0. The van der Waals surface area contributed by atoms with Crippen molar-refractivity contribution in [1.82, 2.24) is 19.0 Å². The minimum atomic E-state index is -3.63. The number of fused-ring (bicyclic) bond motifs is 1. The summed E-state index contributed by atoms with van der Waals surface area (Å²) in [6.45, 7) is 2.66. The van der Waals surface area contributed by atoms with Crippen LogP contribution in [0.4, 0.5) is 0 Å². The number of benzene rings is 1. The van der Waals surface area contributed by atoms with E-state index < -0.39 is 10.0 Å². The molecule has 1 amide bonds. The molecule has 1 unspecified atom stereocenters. The van der Waals surface area contributed by atoms with Gasteiger partial charge >= 0.3 is 0 Å². The fraction of sp³-hybridized carbons (Fsp3) is 0.333. The molecule has 1 aromatic carbocycles. The van der Waals surface area contributed by atoms with Crippen LogP contribution < -0.4 is 5.32 Å². The second kappa shape index (κ2) is 8.37. The minimum absolute atomic E-state index is 0.0372. The summed E-state index contributed by atoms with van der Waals surface area (Å²) < 4.78 is 29.4. The molecule has 1 N–H and O–H groups in total. The van der Waals surface area contributed by atoms with Crippen molar-refractivity contribution in [3.63, 3.8) is 0 Å². The number of hydrogen-bond acceptors (Lipinski definition) is 4. The summed E-state index contributed by atoms with van der Waals surface area (Å²) in [5.41, 5.74) is 1.71. The molecule has 3 heterocycles. The maximum Gasteiger partial charge on any atom is 0.251 e. The first kappa shape index (κ1) is 20.8. The maximum absolute atomic E-state index is 13.0. The molecule has 30 heavy (non-hydrogen) atoms. The topological polar surface area (TPSA) is 83.8 Å². The summed E-state index contributed by atoms with van der Waals surface area (Å²) >= 11 is 5.98. The van der Waals surface area contributed by atoms with E-state index in [1.807, 2.05) is 6.92 Å². The molecular weight excluding hydrogens is 424 g/mol. The van der Waals surface area contributed by atoms with Crippen LogP contribution in [0.15, 0.2) is 53.7 Å². The lowest BCUT2D eigenvalue weighted by Gasteiger charge is -2.32. The summed E-state index contributed by atoms with van der Waals surface area (Å²) in [5.74, 6) is -0.353. The SMILES string of the molecule is CC1CCCCN1S(=O)(=O)c1cccc(C(=O)NCc2cn3cc(Cl)ccc3n2)c1. The van der Waals surface area contributed by atoms with Gasteiger partial charge in [-0.3, -0.25) is 4.79 Å². The van der Waals surface area contributed by atoms with Crippen LogP contribution in [0, 0.1) is 0 Å². The van der Waals surface area contributed by atoms with Crippen molar-refractivity contribution >= 4 is 33.2 Å². The Morgan fingerprint density at radius 2 is 2.07 bits per heavy atom. The molecule has 0 aliphatic carbocycles. The summed E-state index contributed by atoms with van der Waals surface area (Å²) in [7, 11) is -3.63. The Bertz CT molecular complexity index is 1190. The van der Waals surface area contributed by atoms with Gasteiger partial charge in [0.1, 0.15) is 5.65 Å². The van der Waals surface area contributed by atoms with Crippen molar-refractivity contribution < 1.29 is 13.2 Å². The zero-order chi connectivity index (χ0) is 21.3. The normalized spacial score (nSPS) is 17.9. The van der Waals surface area contributed by atoms with Crippen molar-refractivity contribution in [2.24, 2.45) is 0 Å². The highest BCUT2D eigenvalue weighted by atomic mass is 35.5. The van der Waals surface area contributed by atoms with E-state index in [2.05, 4.69) is 10.3 Å². The van der Waals surface area contributed by atoms with Gasteiger partial charge in [0, 0.05) is 30.5 Å². The van der Waals surface area contributed by atoms with Crippen molar-refractivity contribution in [3.8, 4) is 0 Å². The van der Waals surface area contributed by atoms with Crippen molar-refractivity contribution in [2.75, 3.05) is 6.54 Å². The van der Waals surface area contributed by atoms with Gasteiger partial charge in [0.2, 0.25) is 10.0 Å². The predicted octanol–water partition coefficient (Wildman–Crippen LogP) is 3.48. The Labute approximate surface area is 180 Å². The third-order valence-corrected chi connectivity index (χ3v) is 7.57. The molecule has 1 aliphatic rings. The van der Waals surface area contributed by atoms with Gasteiger partial charge in [0.15, 0.2) is 0 Å². The molecule has 2 aromatic heterocycles. The summed E-state index contributed by atoms with van der Waals surface area (Å²) in [6.07, 6.45) is 6.27. The van der Waals surface area contributed by atoms with E-state index in [4.69, 9.17) is 11.6 Å². The molecule has 158 valence electrons. The van der Waals surface area contributed by atoms with Gasteiger partial charge in [-0.1, -0.05) is 24.1 Å². The lowest BCUT2D eigenvalue weighted by Crippen LogP contribution is -2.42. The molecule has 1 saturated heterocycles. The number of nitrogens with zero attached hydrogens (tertiary/aromatic N) is 3. The summed E-state index contributed by atoms with van der Waals surface area (Å²) in [5, 5.41) is 3.40. The molecule has 7 nitrogen and oxygen atoms in total. The number of piperidine rings is 1. The Kier molecular flexibility index (Phi) is 5.81. The van der Waals surface area contributed by atoms with Crippen LogP contribution in [0.2, 0.25) is 5.02 Å². The van der Waals surface area contributed by atoms with E-state index in [1.54, 1.807) is 47.1 Å². The number of aromatic nitrogens is 2. The van der Waals surface area contributed by atoms with Crippen molar-refractivity contribution in [3.05, 3.63) is 65.1 Å². The number of imidazole rings is 1. The molecule has 1 aliphatic heterocycles. The number of halogens is 1. The summed E-state index contributed by atoms with van der Waals surface area (Å²) in [4.78, 5) is 17.2. The Hall–Kier alpha value is -2.42. The standard InChI is InChI=1S/C21H23ClN4O3S/c1-15-5-2-3-10-26(15)30(28,29)19-7-4-6-16(11-19)21(27)23-12-18-14-25-13-17(22)8-9-20(25)24-18/h4,6-9,11,13-15H,2-3,5,10,12H2,1H3,(H,23,27). The number of hydrogen-bond donors (Lipinski definition) is 1. The number of sulfonamides is 1. The van der Waals surface area contributed by atoms with E-state index in [9.17, 15) is 13.2 Å². The molecule has 0 bridgehead atoms. The molecule has 9 heteroatoms. The molecule has 0 saturated carbocycles. The van der Waals surface area contributed by atoms with E-state index in [0.29, 0.717) is 22.8 Å². The van der Waals surface area contributed by atoms with Gasteiger partial charge in [-0.15, -0.1) is 0 Å². The van der Waals surface area contributed by atoms with Crippen LogP contribution in [-0.4, -0.2) is 40.6 Å². The molecule has 0 spiro atoms. The van der Waals surface area contributed by atoms with Gasteiger partial charge in [-0.05, 0) is 50.1 Å². The number of pyridine rings is 1. The highest BCUT2D eigenvalue weighted by molar-refractivity contribution is 7.89.